The van der Waals surface area contributed by atoms with E-state index in [1.54, 1.807) is 0 Å². The minimum absolute atomic E-state index is 0.0393. The third-order valence-electron chi connectivity index (χ3n) is 1.61. The summed E-state index contributed by atoms with van der Waals surface area (Å²) in [4.78, 5) is 0. The summed E-state index contributed by atoms with van der Waals surface area (Å²) in [7, 11) is 0. The van der Waals surface area contributed by atoms with Crippen molar-refractivity contribution in [2.75, 3.05) is 0 Å². The summed E-state index contributed by atoms with van der Waals surface area (Å²) >= 11 is 28.4. The molecular formula is C8H2Cl5NO. The lowest BCUT2D eigenvalue weighted by atomic mass is 10.1. The van der Waals surface area contributed by atoms with Crippen LogP contribution in [0.25, 0.3) is 0 Å². The fourth-order valence-corrected chi connectivity index (χ4v) is 2.01. The molecule has 1 unspecified atom stereocenters. The van der Waals surface area contributed by atoms with Crippen LogP contribution in [-0.2, 0) is 5.06 Å². The summed E-state index contributed by atoms with van der Waals surface area (Å²) in [5.41, 5.74) is -0.104. The zero-order valence-electron chi connectivity index (χ0n) is 6.86. The van der Waals surface area contributed by atoms with Gasteiger partial charge < -0.3 is 5.11 Å². The molecule has 7 heteroatoms. The maximum absolute atomic E-state index is 9.47. The second-order valence-corrected chi connectivity index (χ2v) is 4.67. The molecule has 0 saturated heterocycles. The van der Waals surface area contributed by atoms with E-state index in [-0.39, 0.29) is 25.7 Å². The van der Waals surface area contributed by atoms with E-state index in [1.165, 1.54) is 12.1 Å². The zero-order chi connectivity index (χ0) is 11.8. The first-order valence-corrected chi connectivity index (χ1v) is 5.36. The second kappa shape index (κ2) is 4.55. The number of aliphatic hydroxyl groups is 1. The smallest absolute Gasteiger partial charge is 0.254 e. The number of nitrogens with zero attached hydrogens (tertiary/aromatic N) is 1. The first-order chi connectivity index (χ1) is 6.81. The molecule has 1 N–H and O–H groups in total. The van der Waals surface area contributed by atoms with E-state index in [0.29, 0.717) is 0 Å². The Morgan fingerprint density at radius 1 is 1.13 bits per heavy atom. The standard InChI is InChI=1S/C8H2Cl5NO/c9-4-1-3(8(13,15)2-14)5(10)7(12)6(4)11/h1,15H. The maximum Gasteiger partial charge on any atom is 0.254 e. The van der Waals surface area contributed by atoms with Gasteiger partial charge in [-0.05, 0) is 6.07 Å². The van der Waals surface area contributed by atoms with E-state index in [1.807, 2.05) is 0 Å². The Bertz CT molecular complexity index is 451. The minimum Gasteiger partial charge on any atom is -0.360 e. The summed E-state index contributed by atoms with van der Waals surface area (Å²) in [6.07, 6.45) is 0. The zero-order valence-corrected chi connectivity index (χ0v) is 10.6. The number of hydrogen-bond acceptors (Lipinski definition) is 2. The highest BCUT2D eigenvalue weighted by molar-refractivity contribution is 6.52. The molecule has 80 valence electrons. The van der Waals surface area contributed by atoms with Gasteiger partial charge in [-0.2, -0.15) is 5.26 Å². The Morgan fingerprint density at radius 3 is 2.13 bits per heavy atom. The summed E-state index contributed by atoms with van der Waals surface area (Å²) in [5, 5.41) is 15.7. The van der Waals surface area contributed by atoms with Gasteiger partial charge in [0.15, 0.2) is 0 Å². The fourth-order valence-electron chi connectivity index (χ4n) is 0.874. The van der Waals surface area contributed by atoms with Crippen LogP contribution in [-0.4, -0.2) is 5.11 Å². The van der Waals surface area contributed by atoms with Crippen molar-refractivity contribution in [1.82, 2.24) is 0 Å². The highest BCUT2D eigenvalue weighted by atomic mass is 35.5. The molecule has 0 spiro atoms. The van der Waals surface area contributed by atoms with E-state index in [0.717, 1.165) is 0 Å². The highest BCUT2D eigenvalue weighted by Crippen LogP contribution is 2.42. The quantitative estimate of drug-likeness (QED) is 0.365. The molecule has 0 aromatic heterocycles. The average Bonchev–Trinajstić information content (AvgIpc) is 2.20. The highest BCUT2D eigenvalue weighted by Gasteiger charge is 2.31. The Morgan fingerprint density at radius 2 is 1.67 bits per heavy atom. The fraction of sp³-hybridized carbons (Fsp3) is 0.125. The molecule has 1 atom stereocenters. The average molecular weight is 305 g/mol. The van der Waals surface area contributed by atoms with Crippen LogP contribution in [0.5, 0.6) is 0 Å². The first-order valence-electron chi connectivity index (χ1n) is 3.47. The van der Waals surface area contributed by atoms with Crippen molar-refractivity contribution in [2.45, 2.75) is 5.06 Å². The number of rotatable bonds is 1. The van der Waals surface area contributed by atoms with Gasteiger partial charge in [0.05, 0.1) is 20.1 Å². The normalized spacial score (nSPS) is 14.5. The topological polar surface area (TPSA) is 44.0 Å². The SMILES string of the molecule is N#CC(O)(Cl)c1cc(Cl)c(Cl)c(Cl)c1Cl. The summed E-state index contributed by atoms with van der Waals surface area (Å²) in [6, 6.07) is 2.64. The van der Waals surface area contributed by atoms with Crippen LogP contribution in [0.4, 0.5) is 0 Å². The third kappa shape index (κ3) is 2.45. The molecule has 15 heavy (non-hydrogen) atoms. The van der Waals surface area contributed by atoms with Gasteiger partial charge in [-0.1, -0.05) is 58.0 Å². The molecule has 1 aromatic rings. The molecule has 0 amide bonds. The van der Waals surface area contributed by atoms with Crippen LogP contribution < -0.4 is 0 Å². The molecule has 0 aliphatic rings. The van der Waals surface area contributed by atoms with E-state index in [4.69, 9.17) is 63.3 Å². The summed E-state index contributed by atoms with van der Waals surface area (Å²) in [5.74, 6) is 0. The number of benzene rings is 1. The molecule has 0 bridgehead atoms. The third-order valence-corrected chi connectivity index (χ3v) is 3.65. The van der Waals surface area contributed by atoms with Crippen molar-refractivity contribution in [1.29, 1.82) is 5.26 Å². The van der Waals surface area contributed by atoms with Gasteiger partial charge in [-0.25, -0.2) is 0 Å². The van der Waals surface area contributed by atoms with Crippen molar-refractivity contribution in [3.8, 4) is 6.07 Å². The molecule has 0 radical (unpaired) electrons. The Kier molecular flexibility index (Phi) is 4.00. The Balaban J connectivity index is 3.54. The monoisotopic (exact) mass is 303 g/mol. The first kappa shape index (κ1) is 13.2. The second-order valence-electron chi connectivity index (χ2n) is 2.58. The van der Waals surface area contributed by atoms with E-state index in [2.05, 4.69) is 0 Å². The largest absolute Gasteiger partial charge is 0.360 e. The predicted octanol–water partition coefficient (Wildman–Crippen LogP) is 4.21. The van der Waals surface area contributed by atoms with Gasteiger partial charge in [0.25, 0.3) is 5.06 Å². The van der Waals surface area contributed by atoms with Crippen molar-refractivity contribution < 1.29 is 5.11 Å². The Hall–Kier alpha value is 0.120. The van der Waals surface area contributed by atoms with E-state index in [9.17, 15) is 5.11 Å². The lowest BCUT2D eigenvalue weighted by Crippen LogP contribution is -2.15. The van der Waals surface area contributed by atoms with Crippen LogP contribution in [0.2, 0.25) is 20.1 Å². The molecule has 1 rings (SSSR count). The predicted molar refractivity (Wildman–Crippen MR) is 61.8 cm³/mol. The molecule has 2 nitrogen and oxygen atoms in total. The molecule has 0 heterocycles. The van der Waals surface area contributed by atoms with Crippen LogP contribution >= 0.6 is 58.0 Å². The van der Waals surface area contributed by atoms with Crippen LogP contribution in [0.15, 0.2) is 6.07 Å². The molecule has 0 saturated carbocycles. The van der Waals surface area contributed by atoms with Crippen LogP contribution in [0.3, 0.4) is 0 Å². The van der Waals surface area contributed by atoms with Gasteiger partial charge in [-0.15, -0.1) is 0 Å². The number of alkyl halides is 1. The van der Waals surface area contributed by atoms with Gasteiger partial charge >= 0.3 is 0 Å². The molecular weight excluding hydrogens is 303 g/mol. The number of nitriles is 1. The van der Waals surface area contributed by atoms with Crippen molar-refractivity contribution in [2.24, 2.45) is 0 Å². The maximum atomic E-state index is 9.47. The number of hydrogen-bond donors (Lipinski definition) is 1. The van der Waals surface area contributed by atoms with Crippen LogP contribution in [0, 0.1) is 11.3 Å². The number of halogens is 5. The minimum atomic E-state index is -2.28. The lowest BCUT2D eigenvalue weighted by Gasteiger charge is -2.15. The Labute approximate surface area is 111 Å². The molecule has 0 fully saturated rings. The van der Waals surface area contributed by atoms with Gasteiger partial charge in [0.2, 0.25) is 0 Å². The van der Waals surface area contributed by atoms with E-state index < -0.39 is 5.06 Å². The van der Waals surface area contributed by atoms with Gasteiger partial charge in [0.1, 0.15) is 6.07 Å². The molecule has 1 aromatic carbocycles. The van der Waals surface area contributed by atoms with Crippen molar-refractivity contribution in [3.63, 3.8) is 0 Å². The summed E-state index contributed by atoms with van der Waals surface area (Å²) in [6.45, 7) is 0. The summed E-state index contributed by atoms with van der Waals surface area (Å²) < 4.78 is 0. The molecule has 0 aliphatic heterocycles. The van der Waals surface area contributed by atoms with E-state index >= 15 is 0 Å². The van der Waals surface area contributed by atoms with Gasteiger partial charge in [0, 0.05) is 5.56 Å². The van der Waals surface area contributed by atoms with Crippen LogP contribution in [0.1, 0.15) is 5.56 Å². The lowest BCUT2D eigenvalue weighted by molar-refractivity contribution is 0.189. The van der Waals surface area contributed by atoms with Crippen molar-refractivity contribution >= 4 is 58.0 Å². The van der Waals surface area contributed by atoms with Gasteiger partial charge in [-0.3, -0.25) is 0 Å². The molecule has 0 aliphatic carbocycles. The van der Waals surface area contributed by atoms with Crippen molar-refractivity contribution in [3.05, 3.63) is 31.7 Å².